The second kappa shape index (κ2) is 6.68. The Hall–Kier alpha value is -1.93. The molecular formula is C13H19N5O2S. The Bertz CT molecular complexity index is 718. The third-order valence-corrected chi connectivity index (χ3v) is 3.57. The van der Waals surface area contributed by atoms with Crippen LogP contribution in [0.2, 0.25) is 0 Å². The zero-order valence-corrected chi connectivity index (χ0v) is 12.9. The number of hydrogen-bond donors (Lipinski definition) is 3. The first-order valence-electron chi connectivity index (χ1n) is 6.62. The standard InChI is InChI=1S/C13H19N5O2S/c1-14-13-17-11-7-4-3-6-10(11)12(18-13)15-8-5-9-16-21(2,19)20/h3-4,6-7,16H,5,8-9H2,1-2H3,(H2,14,15,17,18). The molecule has 0 unspecified atom stereocenters. The molecule has 0 saturated carbocycles. The maximum absolute atomic E-state index is 11.0. The van der Waals surface area contributed by atoms with Gasteiger partial charge in [0, 0.05) is 25.5 Å². The predicted molar refractivity (Wildman–Crippen MR) is 85.0 cm³/mol. The van der Waals surface area contributed by atoms with Crippen LogP contribution < -0.4 is 15.4 Å². The average Bonchev–Trinajstić information content (AvgIpc) is 2.45. The van der Waals surface area contributed by atoms with E-state index in [9.17, 15) is 8.42 Å². The first-order chi connectivity index (χ1) is 9.99. The number of benzene rings is 1. The van der Waals surface area contributed by atoms with E-state index in [4.69, 9.17) is 0 Å². The smallest absolute Gasteiger partial charge is 0.224 e. The Balaban J connectivity index is 2.04. The number of para-hydroxylation sites is 1. The maximum atomic E-state index is 11.0. The zero-order valence-electron chi connectivity index (χ0n) is 12.0. The fourth-order valence-electron chi connectivity index (χ4n) is 1.88. The van der Waals surface area contributed by atoms with E-state index in [1.807, 2.05) is 24.3 Å². The van der Waals surface area contributed by atoms with Crippen LogP contribution in [0.4, 0.5) is 11.8 Å². The Labute approximate surface area is 124 Å². The second-order valence-corrected chi connectivity index (χ2v) is 6.44. The summed E-state index contributed by atoms with van der Waals surface area (Å²) < 4.78 is 24.4. The van der Waals surface area contributed by atoms with Gasteiger partial charge in [-0.15, -0.1) is 0 Å². The van der Waals surface area contributed by atoms with Gasteiger partial charge in [-0.3, -0.25) is 0 Å². The quantitative estimate of drug-likeness (QED) is 0.661. The largest absolute Gasteiger partial charge is 0.369 e. The molecule has 0 bridgehead atoms. The Kier molecular flexibility index (Phi) is 4.92. The number of sulfonamides is 1. The molecule has 1 aromatic heterocycles. The summed E-state index contributed by atoms with van der Waals surface area (Å²) in [7, 11) is -1.36. The molecule has 8 heteroatoms. The molecule has 114 valence electrons. The van der Waals surface area contributed by atoms with Gasteiger partial charge < -0.3 is 10.6 Å². The Morgan fingerprint density at radius 2 is 1.90 bits per heavy atom. The van der Waals surface area contributed by atoms with Crippen molar-refractivity contribution in [2.45, 2.75) is 6.42 Å². The van der Waals surface area contributed by atoms with Crippen LogP contribution in [0.5, 0.6) is 0 Å². The number of aromatic nitrogens is 2. The SMILES string of the molecule is CNc1nc(NCCCNS(C)(=O)=O)c2ccccc2n1. The molecule has 0 radical (unpaired) electrons. The van der Waals surface area contributed by atoms with Gasteiger partial charge in [-0.25, -0.2) is 18.1 Å². The number of fused-ring (bicyclic) bond motifs is 1. The Morgan fingerprint density at radius 1 is 1.14 bits per heavy atom. The van der Waals surface area contributed by atoms with Gasteiger partial charge in [0.15, 0.2) is 0 Å². The fourth-order valence-corrected chi connectivity index (χ4v) is 2.39. The highest BCUT2D eigenvalue weighted by Crippen LogP contribution is 2.21. The molecule has 0 fully saturated rings. The van der Waals surface area contributed by atoms with Crippen LogP contribution in [0.3, 0.4) is 0 Å². The van der Waals surface area contributed by atoms with Crippen LogP contribution >= 0.6 is 0 Å². The molecule has 0 amide bonds. The van der Waals surface area contributed by atoms with Crippen molar-refractivity contribution >= 4 is 32.7 Å². The lowest BCUT2D eigenvalue weighted by Gasteiger charge is -2.10. The average molecular weight is 309 g/mol. The van der Waals surface area contributed by atoms with E-state index in [1.165, 1.54) is 0 Å². The van der Waals surface area contributed by atoms with Crippen molar-refractivity contribution in [3.8, 4) is 0 Å². The molecule has 2 aromatic rings. The molecule has 7 nitrogen and oxygen atoms in total. The molecule has 1 aromatic carbocycles. The number of rotatable bonds is 7. The number of nitrogens with zero attached hydrogens (tertiary/aromatic N) is 2. The lowest BCUT2D eigenvalue weighted by Crippen LogP contribution is -2.24. The highest BCUT2D eigenvalue weighted by molar-refractivity contribution is 7.88. The summed E-state index contributed by atoms with van der Waals surface area (Å²) in [6.07, 6.45) is 1.82. The molecule has 2 rings (SSSR count). The van der Waals surface area contributed by atoms with E-state index in [1.54, 1.807) is 7.05 Å². The van der Waals surface area contributed by atoms with Crippen LogP contribution in [-0.2, 0) is 10.0 Å². The van der Waals surface area contributed by atoms with Gasteiger partial charge in [0.2, 0.25) is 16.0 Å². The van der Waals surface area contributed by atoms with Crippen LogP contribution in [0.15, 0.2) is 24.3 Å². The lowest BCUT2D eigenvalue weighted by molar-refractivity contribution is 0.586. The van der Waals surface area contributed by atoms with Gasteiger partial charge in [0.25, 0.3) is 0 Å². The monoisotopic (exact) mass is 309 g/mol. The van der Waals surface area contributed by atoms with E-state index < -0.39 is 10.0 Å². The van der Waals surface area contributed by atoms with Crippen LogP contribution in [0.1, 0.15) is 6.42 Å². The molecule has 0 saturated heterocycles. The summed E-state index contributed by atoms with van der Waals surface area (Å²) in [6, 6.07) is 7.73. The highest BCUT2D eigenvalue weighted by Gasteiger charge is 2.06. The van der Waals surface area contributed by atoms with Crippen molar-refractivity contribution in [1.82, 2.24) is 14.7 Å². The summed E-state index contributed by atoms with van der Waals surface area (Å²) >= 11 is 0. The Morgan fingerprint density at radius 3 is 2.62 bits per heavy atom. The van der Waals surface area contributed by atoms with Gasteiger partial charge in [-0.2, -0.15) is 4.98 Å². The third kappa shape index (κ3) is 4.54. The molecule has 0 spiro atoms. The zero-order chi connectivity index (χ0) is 15.3. The topological polar surface area (TPSA) is 96.0 Å². The minimum atomic E-state index is -3.13. The number of anilines is 2. The first-order valence-corrected chi connectivity index (χ1v) is 8.52. The molecule has 0 aliphatic carbocycles. The van der Waals surface area contributed by atoms with Gasteiger partial charge in [0.05, 0.1) is 11.8 Å². The van der Waals surface area contributed by atoms with E-state index in [0.717, 1.165) is 23.0 Å². The van der Waals surface area contributed by atoms with Crippen LogP contribution in [0, 0.1) is 0 Å². The van der Waals surface area contributed by atoms with Crippen molar-refractivity contribution in [2.24, 2.45) is 0 Å². The molecule has 0 aliphatic rings. The van der Waals surface area contributed by atoms with E-state index in [2.05, 4.69) is 25.3 Å². The molecule has 0 aliphatic heterocycles. The maximum Gasteiger partial charge on any atom is 0.224 e. The van der Waals surface area contributed by atoms with Gasteiger partial charge in [0.1, 0.15) is 5.82 Å². The summed E-state index contributed by atoms with van der Waals surface area (Å²) in [5.74, 6) is 1.29. The van der Waals surface area contributed by atoms with Crippen molar-refractivity contribution in [2.75, 3.05) is 37.0 Å². The third-order valence-electron chi connectivity index (χ3n) is 2.84. The van der Waals surface area contributed by atoms with E-state index in [-0.39, 0.29) is 0 Å². The minimum Gasteiger partial charge on any atom is -0.369 e. The lowest BCUT2D eigenvalue weighted by atomic mass is 10.2. The predicted octanol–water partition coefficient (Wildman–Crippen LogP) is 1.02. The molecule has 1 heterocycles. The van der Waals surface area contributed by atoms with E-state index >= 15 is 0 Å². The summed E-state index contributed by atoms with van der Waals surface area (Å²) in [4.78, 5) is 8.77. The second-order valence-electron chi connectivity index (χ2n) is 4.61. The normalized spacial score (nSPS) is 11.5. The first kappa shape index (κ1) is 15.5. The van der Waals surface area contributed by atoms with Crippen molar-refractivity contribution in [1.29, 1.82) is 0 Å². The summed E-state index contributed by atoms with van der Waals surface area (Å²) in [5.41, 5.74) is 0.855. The van der Waals surface area contributed by atoms with Crippen LogP contribution in [0.25, 0.3) is 10.9 Å². The van der Waals surface area contributed by atoms with E-state index in [0.29, 0.717) is 25.5 Å². The van der Waals surface area contributed by atoms with Gasteiger partial charge in [-0.05, 0) is 18.6 Å². The van der Waals surface area contributed by atoms with Gasteiger partial charge in [-0.1, -0.05) is 12.1 Å². The molecule has 21 heavy (non-hydrogen) atoms. The molecule has 3 N–H and O–H groups in total. The summed E-state index contributed by atoms with van der Waals surface area (Å²) in [5, 5.41) is 7.09. The van der Waals surface area contributed by atoms with Gasteiger partial charge >= 0.3 is 0 Å². The number of nitrogens with one attached hydrogen (secondary N) is 3. The van der Waals surface area contributed by atoms with Crippen molar-refractivity contribution in [3.05, 3.63) is 24.3 Å². The minimum absolute atomic E-state index is 0.397. The summed E-state index contributed by atoms with van der Waals surface area (Å²) in [6.45, 7) is 1.01. The number of hydrogen-bond acceptors (Lipinski definition) is 6. The fraction of sp³-hybridized carbons (Fsp3) is 0.385. The molecule has 0 atom stereocenters. The van der Waals surface area contributed by atoms with Crippen LogP contribution in [-0.4, -0.2) is 44.8 Å². The van der Waals surface area contributed by atoms with Crippen molar-refractivity contribution in [3.63, 3.8) is 0 Å². The van der Waals surface area contributed by atoms with Crippen molar-refractivity contribution < 1.29 is 8.42 Å². The molecular weight excluding hydrogens is 290 g/mol. The highest BCUT2D eigenvalue weighted by atomic mass is 32.2.